The Bertz CT molecular complexity index is 792. The molecule has 1 aromatic rings. The standard InChI is InChI=1S/C15H19N3O7S/c1-25-14(19)9-16-15(20)11-3-2-8-17(10-11)26(23,24)13-6-4-12(5-7-13)18(21)22/h4-7,11H,2-3,8-10H2,1H3,(H,16,20). The van der Waals surface area contributed by atoms with E-state index < -0.39 is 32.7 Å². The van der Waals surface area contributed by atoms with Crippen molar-refractivity contribution in [2.24, 2.45) is 5.92 Å². The minimum atomic E-state index is -3.87. The number of rotatable bonds is 6. The third-order valence-electron chi connectivity index (χ3n) is 4.07. The van der Waals surface area contributed by atoms with Crippen LogP contribution in [0.4, 0.5) is 5.69 Å². The van der Waals surface area contributed by atoms with Gasteiger partial charge >= 0.3 is 5.97 Å². The van der Waals surface area contributed by atoms with Crippen LogP contribution in [-0.4, -0.2) is 56.3 Å². The smallest absolute Gasteiger partial charge is 0.325 e. The number of nitro benzene ring substituents is 1. The lowest BCUT2D eigenvalue weighted by molar-refractivity contribution is -0.384. The van der Waals surface area contributed by atoms with E-state index in [0.717, 1.165) is 12.1 Å². The quantitative estimate of drug-likeness (QED) is 0.422. The Kier molecular flexibility index (Phi) is 6.27. The predicted molar refractivity (Wildman–Crippen MR) is 89.6 cm³/mol. The fourth-order valence-corrected chi connectivity index (χ4v) is 4.16. The van der Waals surface area contributed by atoms with Gasteiger partial charge in [0.2, 0.25) is 15.9 Å². The molecule has 0 saturated carbocycles. The summed E-state index contributed by atoms with van der Waals surface area (Å²) < 4.78 is 31.0. The predicted octanol–water partition coefficient (Wildman–Crippen LogP) is 0.285. The molecule has 1 amide bonds. The van der Waals surface area contributed by atoms with Gasteiger partial charge in [0.1, 0.15) is 6.54 Å². The number of piperidine rings is 1. The molecule has 1 aliphatic rings. The number of esters is 1. The summed E-state index contributed by atoms with van der Waals surface area (Å²) in [6, 6.07) is 4.59. The summed E-state index contributed by atoms with van der Waals surface area (Å²) in [4.78, 5) is 33.2. The molecule has 11 heteroatoms. The highest BCUT2D eigenvalue weighted by molar-refractivity contribution is 7.89. The summed E-state index contributed by atoms with van der Waals surface area (Å²) in [7, 11) is -2.67. The third-order valence-corrected chi connectivity index (χ3v) is 5.95. The second kappa shape index (κ2) is 8.23. The van der Waals surface area contributed by atoms with E-state index in [0.29, 0.717) is 12.8 Å². The number of ether oxygens (including phenoxy) is 1. The average Bonchev–Trinajstić information content (AvgIpc) is 2.65. The van der Waals surface area contributed by atoms with E-state index in [1.165, 1.54) is 23.5 Å². The summed E-state index contributed by atoms with van der Waals surface area (Å²) >= 11 is 0. The van der Waals surface area contributed by atoms with E-state index in [9.17, 15) is 28.1 Å². The van der Waals surface area contributed by atoms with Gasteiger partial charge in [-0.15, -0.1) is 0 Å². The molecule has 10 nitrogen and oxygen atoms in total. The summed E-state index contributed by atoms with van der Waals surface area (Å²) in [5.41, 5.74) is -0.206. The maximum absolute atomic E-state index is 12.7. The zero-order chi connectivity index (χ0) is 19.3. The normalized spacial score (nSPS) is 18.1. The molecule has 26 heavy (non-hydrogen) atoms. The number of methoxy groups -OCH3 is 1. The van der Waals surface area contributed by atoms with E-state index in [1.54, 1.807) is 0 Å². The van der Waals surface area contributed by atoms with Gasteiger partial charge in [0.05, 0.1) is 22.8 Å². The first kappa shape index (κ1) is 19.8. The molecule has 1 heterocycles. The maximum atomic E-state index is 12.7. The van der Waals surface area contributed by atoms with Crippen LogP contribution in [0.1, 0.15) is 12.8 Å². The molecule has 1 fully saturated rings. The number of carbonyl (C=O) groups excluding carboxylic acids is 2. The van der Waals surface area contributed by atoms with Gasteiger partial charge in [-0.3, -0.25) is 19.7 Å². The Morgan fingerprint density at radius 2 is 2.00 bits per heavy atom. The Morgan fingerprint density at radius 3 is 2.58 bits per heavy atom. The van der Waals surface area contributed by atoms with Crippen molar-refractivity contribution in [3.05, 3.63) is 34.4 Å². The monoisotopic (exact) mass is 385 g/mol. The summed E-state index contributed by atoms with van der Waals surface area (Å²) in [6.07, 6.45) is 0.988. The summed E-state index contributed by atoms with van der Waals surface area (Å²) in [5, 5.41) is 13.1. The second-order valence-corrected chi connectivity index (χ2v) is 7.69. The first-order chi connectivity index (χ1) is 12.3. The number of nitrogens with one attached hydrogen (secondary N) is 1. The lowest BCUT2D eigenvalue weighted by Crippen LogP contribution is -2.46. The molecule has 1 aliphatic heterocycles. The summed E-state index contributed by atoms with van der Waals surface area (Å²) in [5.74, 6) is -1.59. The molecular formula is C15H19N3O7S. The van der Waals surface area contributed by atoms with Crippen molar-refractivity contribution >= 4 is 27.6 Å². The summed E-state index contributed by atoms with van der Waals surface area (Å²) in [6.45, 7) is -0.0482. The van der Waals surface area contributed by atoms with E-state index in [4.69, 9.17) is 0 Å². The minimum Gasteiger partial charge on any atom is -0.468 e. The van der Waals surface area contributed by atoms with Crippen molar-refractivity contribution in [3.8, 4) is 0 Å². The van der Waals surface area contributed by atoms with E-state index in [1.807, 2.05) is 0 Å². The van der Waals surface area contributed by atoms with E-state index in [-0.39, 0.29) is 30.2 Å². The zero-order valence-electron chi connectivity index (χ0n) is 14.1. The zero-order valence-corrected chi connectivity index (χ0v) is 14.9. The van der Waals surface area contributed by atoms with Gasteiger partial charge in [0.25, 0.3) is 5.69 Å². The fourth-order valence-electron chi connectivity index (χ4n) is 2.64. The number of benzene rings is 1. The van der Waals surface area contributed by atoms with Crippen molar-refractivity contribution in [2.75, 3.05) is 26.7 Å². The number of sulfonamides is 1. The molecule has 0 radical (unpaired) electrons. The highest BCUT2D eigenvalue weighted by Crippen LogP contribution is 2.25. The number of hydrogen-bond donors (Lipinski definition) is 1. The molecule has 0 aromatic heterocycles. The number of amides is 1. The first-order valence-corrected chi connectivity index (χ1v) is 9.29. The molecule has 0 aliphatic carbocycles. The van der Waals surface area contributed by atoms with Gasteiger partial charge in [-0.25, -0.2) is 8.42 Å². The average molecular weight is 385 g/mol. The Morgan fingerprint density at radius 1 is 1.35 bits per heavy atom. The van der Waals surface area contributed by atoms with Crippen LogP contribution in [0.15, 0.2) is 29.2 Å². The molecule has 0 bridgehead atoms. The van der Waals surface area contributed by atoms with Gasteiger partial charge in [0.15, 0.2) is 0 Å². The topological polar surface area (TPSA) is 136 Å². The Labute approximate surface area is 150 Å². The molecule has 2 rings (SSSR count). The largest absolute Gasteiger partial charge is 0.468 e. The van der Waals surface area contributed by atoms with Crippen LogP contribution in [-0.2, 0) is 24.3 Å². The van der Waals surface area contributed by atoms with Crippen molar-refractivity contribution in [2.45, 2.75) is 17.7 Å². The molecule has 142 valence electrons. The third kappa shape index (κ3) is 4.55. The van der Waals surface area contributed by atoms with Crippen molar-refractivity contribution in [3.63, 3.8) is 0 Å². The van der Waals surface area contributed by atoms with Crippen LogP contribution in [0.3, 0.4) is 0 Å². The van der Waals surface area contributed by atoms with Crippen LogP contribution < -0.4 is 5.32 Å². The van der Waals surface area contributed by atoms with Crippen LogP contribution in [0, 0.1) is 16.0 Å². The number of carbonyl (C=O) groups is 2. The lowest BCUT2D eigenvalue weighted by Gasteiger charge is -2.31. The number of non-ortho nitro benzene ring substituents is 1. The maximum Gasteiger partial charge on any atom is 0.325 e. The van der Waals surface area contributed by atoms with Gasteiger partial charge in [-0.1, -0.05) is 0 Å². The van der Waals surface area contributed by atoms with Crippen molar-refractivity contribution in [1.29, 1.82) is 0 Å². The number of hydrogen-bond acceptors (Lipinski definition) is 7. The van der Waals surface area contributed by atoms with Crippen LogP contribution >= 0.6 is 0 Å². The minimum absolute atomic E-state index is 0.0215. The van der Waals surface area contributed by atoms with E-state index >= 15 is 0 Å². The molecule has 0 spiro atoms. The van der Waals surface area contributed by atoms with Crippen LogP contribution in [0.5, 0.6) is 0 Å². The Balaban J connectivity index is 2.08. The highest BCUT2D eigenvalue weighted by atomic mass is 32.2. The second-order valence-electron chi connectivity index (χ2n) is 5.75. The molecular weight excluding hydrogens is 366 g/mol. The Hall–Kier alpha value is -2.53. The van der Waals surface area contributed by atoms with Gasteiger partial charge in [-0.05, 0) is 25.0 Å². The SMILES string of the molecule is COC(=O)CNC(=O)C1CCCN(S(=O)(=O)c2ccc([N+](=O)[O-])cc2)C1. The fraction of sp³-hybridized carbons (Fsp3) is 0.467. The van der Waals surface area contributed by atoms with Crippen LogP contribution in [0.2, 0.25) is 0 Å². The van der Waals surface area contributed by atoms with Gasteiger partial charge in [-0.2, -0.15) is 4.31 Å². The van der Waals surface area contributed by atoms with Gasteiger partial charge in [0, 0.05) is 25.2 Å². The first-order valence-electron chi connectivity index (χ1n) is 7.85. The van der Waals surface area contributed by atoms with Crippen molar-refractivity contribution in [1.82, 2.24) is 9.62 Å². The highest BCUT2D eigenvalue weighted by Gasteiger charge is 2.33. The van der Waals surface area contributed by atoms with Crippen molar-refractivity contribution < 1.29 is 27.7 Å². The van der Waals surface area contributed by atoms with Crippen LogP contribution in [0.25, 0.3) is 0 Å². The number of nitrogens with zero attached hydrogens (tertiary/aromatic N) is 2. The lowest BCUT2D eigenvalue weighted by atomic mass is 9.99. The molecule has 1 aromatic carbocycles. The molecule has 1 saturated heterocycles. The molecule has 1 N–H and O–H groups in total. The van der Waals surface area contributed by atoms with Gasteiger partial charge < -0.3 is 10.1 Å². The number of nitro groups is 1. The van der Waals surface area contributed by atoms with E-state index in [2.05, 4.69) is 10.1 Å². The molecule has 1 atom stereocenters. The molecule has 1 unspecified atom stereocenters.